The zero-order valence-corrected chi connectivity index (χ0v) is 7.81. The second kappa shape index (κ2) is 3.65. The molecule has 2 atom stereocenters. The highest BCUT2D eigenvalue weighted by atomic mass is 19.4. The number of nitrogens with two attached hydrogens (primary N) is 2. The maximum atomic E-state index is 12.4. The second-order valence-electron chi connectivity index (χ2n) is 3.53. The van der Waals surface area contributed by atoms with E-state index in [2.05, 4.69) is 0 Å². The zero-order chi connectivity index (χ0) is 10.9. The maximum Gasteiger partial charge on any atom is 0.395 e. The van der Waals surface area contributed by atoms with E-state index in [9.17, 15) is 13.2 Å². The molecule has 0 radical (unpaired) electrons. The van der Waals surface area contributed by atoms with Gasteiger partial charge < -0.3 is 11.5 Å². The molecule has 0 aliphatic heterocycles. The second-order valence-corrected chi connectivity index (χ2v) is 3.53. The predicted molar refractivity (Wildman–Crippen MR) is 48.2 cm³/mol. The molecular formula is C9H13F3N2. The van der Waals surface area contributed by atoms with Crippen molar-refractivity contribution in [3.8, 4) is 0 Å². The van der Waals surface area contributed by atoms with Crippen molar-refractivity contribution in [1.82, 2.24) is 0 Å². The van der Waals surface area contributed by atoms with E-state index in [-0.39, 0.29) is 18.2 Å². The molecule has 0 aromatic rings. The maximum absolute atomic E-state index is 12.4. The van der Waals surface area contributed by atoms with Gasteiger partial charge in [-0.3, -0.25) is 0 Å². The highest BCUT2D eigenvalue weighted by Gasteiger charge is 2.39. The van der Waals surface area contributed by atoms with Crippen LogP contribution >= 0.6 is 0 Å². The highest BCUT2D eigenvalue weighted by Crippen LogP contribution is 2.35. The van der Waals surface area contributed by atoms with E-state index in [1.807, 2.05) is 0 Å². The fraction of sp³-hybridized carbons (Fsp3) is 0.556. The van der Waals surface area contributed by atoms with Gasteiger partial charge in [0.1, 0.15) is 0 Å². The molecule has 4 N–H and O–H groups in total. The van der Waals surface area contributed by atoms with Crippen molar-refractivity contribution in [2.75, 3.05) is 0 Å². The first-order chi connectivity index (χ1) is 6.30. The van der Waals surface area contributed by atoms with Crippen LogP contribution in [0.1, 0.15) is 13.3 Å². The lowest BCUT2D eigenvalue weighted by Gasteiger charge is -2.24. The van der Waals surface area contributed by atoms with Crippen LogP contribution in [0.15, 0.2) is 23.4 Å². The third kappa shape index (κ3) is 2.51. The number of halogens is 3. The lowest BCUT2D eigenvalue weighted by molar-refractivity contribution is -0.161. The molecule has 14 heavy (non-hydrogen) atoms. The number of hydrogen-bond donors (Lipinski definition) is 2. The number of rotatable bonds is 1. The fourth-order valence-electron chi connectivity index (χ4n) is 1.39. The molecular weight excluding hydrogens is 193 g/mol. The molecule has 0 spiro atoms. The van der Waals surface area contributed by atoms with Crippen LogP contribution in [0.25, 0.3) is 0 Å². The first-order valence-corrected chi connectivity index (χ1v) is 4.30. The van der Waals surface area contributed by atoms with Crippen LogP contribution in [0.3, 0.4) is 0 Å². The first kappa shape index (κ1) is 11.1. The minimum absolute atomic E-state index is 0.0815. The summed E-state index contributed by atoms with van der Waals surface area (Å²) in [7, 11) is 0. The SMILES string of the molecule is C[C@@H](N)C1=CC(N)=CC(C(F)(F)F)C1. The molecule has 0 saturated heterocycles. The average molecular weight is 206 g/mol. The van der Waals surface area contributed by atoms with Gasteiger partial charge in [0.25, 0.3) is 0 Å². The molecule has 1 unspecified atom stereocenters. The summed E-state index contributed by atoms with van der Waals surface area (Å²) < 4.78 is 37.1. The van der Waals surface area contributed by atoms with Crippen LogP contribution in [-0.4, -0.2) is 12.2 Å². The summed E-state index contributed by atoms with van der Waals surface area (Å²) in [6, 6.07) is -0.382. The zero-order valence-electron chi connectivity index (χ0n) is 7.81. The van der Waals surface area contributed by atoms with Crippen molar-refractivity contribution in [3.63, 3.8) is 0 Å². The van der Waals surface area contributed by atoms with Crippen molar-refractivity contribution in [3.05, 3.63) is 23.4 Å². The lowest BCUT2D eigenvalue weighted by Crippen LogP contribution is -2.29. The van der Waals surface area contributed by atoms with Gasteiger partial charge in [-0.05, 0) is 25.5 Å². The van der Waals surface area contributed by atoms with Crippen molar-refractivity contribution in [2.24, 2.45) is 17.4 Å². The monoisotopic (exact) mass is 206 g/mol. The molecule has 0 aromatic carbocycles. The summed E-state index contributed by atoms with van der Waals surface area (Å²) in [4.78, 5) is 0. The van der Waals surface area contributed by atoms with Gasteiger partial charge in [0, 0.05) is 11.7 Å². The van der Waals surface area contributed by atoms with Crippen LogP contribution in [-0.2, 0) is 0 Å². The van der Waals surface area contributed by atoms with E-state index < -0.39 is 12.1 Å². The Morgan fingerprint density at radius 1 is 1.50 bits per heavy atom. The summed E-state index contributed by atoms with van der Waals surface area (Å²) in [5.74, 6) is -1.49. The molecule has 0 amide bonds. The Labute approximate surface area is 80.5 Å². The van der Waals surface area contributed by atoms with E-state index in [0.717, 1.165) is 6.08 Å². The van der Waals surface area contributed by atoms with Gasteiger partial charge in [-0.1, -0.05) is 5.57 Å². The summed E-state index contributed by atoms with van der Waals surface area (Å²) >= 11 is 0. The molecule has 1 aliphatic rings. The lowest BCUT2D eigenvalue weighted by atomic mass is 9.89. The Morgan fingerprint density at radius 2 is 2.07 bits per heavy atom. The van der Waals surface area contributed by atoms with Gasteiger partial charge in [0.05, 0.1) is 5.92 Å². The van der Waals surface area contributed by atoms with Crippen molar-refractivity contribution in [1.29, 1.82) is 0 Å². The van der Waals surface area contributed by atoms with Crippen molar-refractivity contribution in [2.45, 2.75) is 25.6 Å². The standard InChI is InChI=1S/C9H13F3N2/c1-5(13)6-2-7(9(10,11)12)4-8(14)3-6/h3-5,7H,2,13-14H2,1H3/t5-,7?/m1/s1. The third-order valence-electron chi connectivity index (χ3n) is 2.21. The molecule has 5 heteroatoms. The molecule has 2 nitrogen and oxygen atoms in total. The topological polar surface area (TPSA) is 52.0 Å². The van der Waals surface area contributed by atoms with Crippen LogP contribution in [0.2, 0.25) is 0 Å². The fourth-order valence-corrected chi connectivity index (χ4v) is 1.39. The minimum Gasteiger partial charge on any atom is -0.399 e. The summed E-state index contributed by atoms with van der Waals surface area (Å²) in [6.07, 6.45) is -1.76. The summed E-state index contributed by atoms with van der Waals surface area (Å²) in [6.45, 7) is 1.65. The first-order valence-electron chi connectivity index (χ1n) is 4.30. The smallest absolute Gasteiger partial charge is 0.395 e. The summed E-state index contributed by atoms with van der Waals surface area (Å²) in [5, 5.41) is 0. The number of alkyl halides is 3. The molecule has 80 valence electrons. The third-order valence-corrected chi connectivity index (χ3v) is 2.21. The van der Waals surface area contributed by atoms with E-state index in [4.69, 9.17) is 11.5 Å². The van der Waals surface area contributed by atoms with Gasteiger partial charge in [-0.25, -0.2) is 0 Å². The number of hydrogen-bond acceptors (Lipinski definition) is 2. The van der Waals surface area contributed by atoms with Crippen LogP contribution in [0, 0.1) is 5.92 Å². The Balaban J connectivity index is 2.86. The Kier molecular flexibility index (Phi) is 2.89. The summed E-state index contributed by atoms with van der Waals surface area (Å²) in [5.41, 5.74) is 11.6. The number of allylic oxidation sites excluding steroid dienone is 2. The average Bonchev–Trinajstić information content (AvgIpc) is 2.01. The van der Waals surface area contributed by atoms with E-state index in [0.29, 0.717) is 5.57 Å². The normalized spacial score (nSPS) is 25.4. The van der Waals surface area contributed by atoms with Crippen molar-refractivity contribution >= 4 is 0 Å². The molecule has 0 aromatic heterocycles. The van der Waals surface area contributed by atoms with E-state index >= 15 is 0 Å². The van der Waals surface area contributed by atoms with Crippen LogP contribution in [0.4, 0.5) is 13.2 Å². The Morgan fingerprint density at radius 3 is 2.50 bits per heavy atom. The van der Waals surface area contributed by atoms with Crippen molar-refractivity contribution < 1.29 is 13.2 Å². The van der Waals surface area contributed by atoms with E-state index in [1.54, 1.807) is 6.92 Å². The molecule has 0 fully saturated rings. The molecule has 0 heterocycles. The van der Waals surface area contributed by atoms with Crippen LogP contribution < -0.4 is 11.5 Å². The Hall–Kier alpha value is -0.970. The minimum atomic E-state index is -4.24. The Bertz CT molecular complexity index is 276. The van der Waals surface area contributed by atoms with E-state index in [1.165, 1.54) is 6.08 Å². The van der Waals surface area contributed by atoms with Gasteiger partial charge in [0.15, 0.2) is 0 Å². The van der Waals surface area contributed by atoms with Crippen LogP contribution in [0.5, 0.6) is 0 Å². The molecule has 0 saturated carbocycles. The van der Waals surface area contributed by atoms with Gasteiger partial charge in [-0.15, -0.1) is 0 Å². The molecule has 1 rings (SSSR count). The van der Waals surface area contributed by atoms with Gasteiger partial charge >= 0.3 is 6.18 Å². The molecule has 0 bridgehead atoms. The predicted octanol–water partition coefficient (Wildman–Crippen LogP) is 1.68. The quantitative estimate of drug-likeness (QED) is 0.685. The van der Waals surface area contributed by atoms with Gasteiger partial charge in [0.2, 0.25) is 0 Å². The molecule has 1 aliphatic carbocycles. The van der Waals surface area contributed by atoms with Gasteiger partial charge in [-0.2, -0.15) is 13.2 Å². The largest absolute Gasteiger partial charge is 0.399 e. The highest BCUT2D eigenvalue weighted by molar-refractivity contribution is 5.30.